The van der Waals surface area contributed by atoms with E-state index in [1.807, 2.05) is 0 Å². The average molecular weight is 806 g/mol. The highest BCUT2D eigenvalue weighted by Gasteiger charge is 2.28. The zero-order valence-electron chi connectivity index (χ0n) is 35.3. The lowest BCUT2D eigenvalue weighted by Gasteiger charge is -2.20. The number of phosphoric acid groups is 1. The van der Waals surface area contributed by atoms with Gasteiger partial charge in [0.25, 0.3) is 0 Å². The number of unbranched alkanes of at least 4 members (excludes halogenated alkanes) is 29. The number of rotatable bonds is 43. The minimum absolute atomic E-state index is 0.170. The van der Waals surface area contributed by atoms with Crippen LogP contribution in [0.3, 0.4) is 0 Å². The maximum Gasteiger partial charge on any atom is 0.472 e. The molecule has 1 unspecified atom stereocenters. The predicted molar refractivity (Wildman–Crippen MR) is 222 cm³/mol. The molecule has 12 heteroatoms. The Hall–Kier alpha value is -1.52. The Morgan fingerprint density at radius 1 is 0.491 bits per heavy atom. The van der Waals surface area contributed by atoms with Crippen LogP contribution in [0, 0.1) is 0 Å². The van der Waals surface area contributed by atoms with Crippen LogP contribution in [0.4, 0.5) is 0 Å². The Kier molecular flexibility index (Phi) is 38.2. The maximum absolute atomic E-state index is 12.6. The molecule has 0 heterocycles. The lowest BCUT2D eigenvalue weighted by atomic mass is 10.0. The third kappa shape index (κ3) is 39.1. The van der Waals surface area contributed by atoms with Gasteiger partial charge in [-0.05, 0) is 12.8 Å². The van der Waals surface area contributed by atoms with Gasteiger partial charge in [0.1, 0.15) is 12.6 Å². The monoisotopic (exact) mass is 806 g/mol. The molecule has 55 heavy (non-hydrogen) atoms. The SMILES string of the molecule is CCCCCCCCCCCCCCCCCCCCCCC(=O)O[C@@H](COC(=O)CCCCCCCCCCCCC)COP(=O)(O)OC[C@H](N)C(=O)O. The van der Waals surface area contributed by atoms with Crippen molar-refractivity contribution in [3.8, 4) is 0 Å². The number of carboxylic acid groups (broad SMARTS) is 1. The lowest BCUT2D eigenvalue weighted by molar-refractivity contribution is -0.161. The number of carbonyl (C=O) groups is 3. The third-order valence-corrected chi connectivity index (χ3v) is 11.1. The highest BCUT2D eigenvalue weighted by atomic mass is 31.2. The van der Waals surface area contributed by atoms with Crippen LogP contribution < -0.4 is 5.73 Å². The van der Waals surface area contributed by atoms with Crippen LogP contribution in [0.1, 0.15) is 226 Å². The maximum atomic E-state index is 12.6. The van der Waals surface area contributed by atoms with Gasteiger partial charge in [0.05, 0.1) is 13.2 Å². The van der Waals surface area contributed by atoms with E-state index in [4.69, 9.17) is 24.8 Å². The van der Waals surface area contributed by atoms with E-state index in [2.05, 4.69) is 18.4 Å². The van der Waals surface area contributed by atoms with Crippen LogP contribution in [0.5, 0.6) is 0 Å². The van der Waals surface area contributed by atoms with Crippen LogP contribution in [0.25, 0.3) is 0 Å². The fraction of sp³-hybridized carbons (Fsp3) is 0.930. The first-order valence-electron chi connectivity index (χ1n) is 22.6. The van der Waals surface area contributed by atoms with Gasteiger partial charge in [-0.2, -0.15) is 0 Å². The van der Waals surface area contributed by atoms with Crippen molar-refractivity contribution in [3.05, 3.63) is 0 Å². The molecule has 0 bridgehead atoms. The number of carbonyl (C=O) groups excluding carboxylic acids is 2. The second-order valence-electron chi connectivity index (χ2n) is 15.6. The zero-order chi connectivity index (χ0) is 40.7. The summed E-state index contributed by atoms with van der Waals surface area (Å²) in [5.74, 6) is -2.36. The molecule has 0 saturated heterocycles. The second-order valence-corrected chi connectivity index (χ2v) is 17.0. The number of esters is 2. The van der Waals surface area contributed by atoms with Crippen LogP contribution in [-0.2, 0) is 37.5 Å². The standard InChI is InChI=1S/C43H84NO10P/c1-3-5-7-9-11-13-15-16-17-18-19-20-21-22-23-25-27-29-31-33-35-42(46)54-39(37-52-55(49,50)53-38-40(44)43(47)48)36-51-41(45)34-32-30-28-26-24-14-12-10-8-6-4-2/h39-40H,3-38,44H2,1-2H3,(H,47,48)(H,49,50)/t39-,40-/m0/s1. The number of hydrogen-bond donors (Lipinski definition) is 3. The van der Waals surface area contributed by atoms with E-state index >= 15 is 0 Å². The number of nitrogens with two attached hydrogens (primary N) is 1. The smallest absolute Gasteiger partial charge is 0.472 e. The van der Waals surface area contributed by atoms with E-state index < -0.39 is 51.1 Å². The summed E-state index contributed by atoms with van der Waals surface area (Å²) in [5, 5.41) is 8.88. The van der Waals surface area contributed by atoms with Crippen LogP contribution in [-0.4, -0.2) is 59.9 Å². The van der Waals surface area contributed by atoms with E-state index in [0.29, 0.717) is 12.8 Å². The molecule has 0 amide bonds. The Morgan fingerprint density at radius 2 is 0.800 bits per heavy atom. The van der Waals surface area contributed by atoms with Crippen LogP contribution in [0.2, 0.25) is 0 Å². The van der Waals surface area contributed by atoms with Gasteiger partial charge in [0.2, 0.25) is 0 Å². The molecule has 0 aromatic rings. The molecule has 0 spiro atoms. The van der Waals surface area contributed by atoms with Crippen molar-refractivity contribution < 1.29 is 47.5 Å². The highest BCUT2D eigenvalue weighted by molar-refractivity contribution is 7.47. The van der Waals surface area contributed by atoms with Gasteiger partial charge in [0, 0.05) is 12.8 Å². The minimum atomic E-state index is -4.71. The van der Waals surface area contributed by atoms with Crippen molar-refractivity contribution >= 4 is 25.7 Å². The fourth-order valence-corrected chi connectivity index (χ4v) is 7.32. The van der Waals surface area contributed by atoms with Gasteiger partial charge in [-0.1, -0.05) is 200 Å². The van der Waals surface area contributed by atoms with E-state index in [1.54, 1.807) is 0 Å². The predicted octanol–water partition coefficient (Wildman–Crippen LogP) is 11.9. The van der Waals surface area contributed by atoms with E-state index in [0.717, 1.165) is 38.5 Å². The van der Waals surface area contributed by atoms with E-state index in [1.165, 1.54) is 148 Å². The van der Waals surface area contributed by atoms with Crippen molar-refractivity contribution in [3.63, 3.8) is 0 Å². The molecule has 0 aromatic carbocycles. The summed E-state index contributed by atoms with van der Waals surface area (Å²) >= 11 is 0. The van der Waals surface area contributed by atoms with Crippen molar-refractivity contribution in [2.24, 2.45) is 5.73 Å². The van der Waals surface area contributed by atoms with Crippen molar-refractivity contribution in [1.29, 1.82) is 0 Å². The van der Waals surface area contributed by atoms with Gasteiger partial charge in [0.15, 0.2) is 6.10 Å². The summed E-state index contributed by atoms with van der Waals surface area (Å²) < 4.78 is 32.7. The first-order valence-corrected chi connectivity index (χ1v) is 24.1. The molecule has 3 atom stereocenters. The molecule has 326 valence electrons. The summed E-state index contributed by atoms with van der Waals surface area (Å²) in [4.78, 5) is 45.9. The second kappa shape index (κ2) is 39.3. The van der Waals surface area contributed by atoms with Gasteiger partial charge in [-0.25, -0.2) is 4.57 Å². The Morgan fingerprint density at radius 3 is 1.15 bits per heavy atom. The quantitative estimate of drug-likeness (QED) is 0.0304. The molecule has 0 aliphatic heterocycles. The largest absolute Gasteiger partial charge is 0.480 e. The van der Waals surface area contributed by atoms with E-state index in [-0.39, 0.29) is 19.4 Å². The molecule has 11 nitrogen and oxygen atoms in total. The average Bonchev–Trinajstić information content (AvgIpc) is 3.16. The molecule has 0 radical (unpaired) electrons. The lowest BCUT2D eigenvalue weighted by Crippen LogP contribution is -2.34. The van der Waals surface area contributed by atoms with Crippen molar-refractivity contribution in [2.75, 3.05) is 19.8 Å². The third-order valence-electron chi connectivity index (χ3n) is 10.1. The summed E-state index contributed by atoms with van der Waals surface area (Å²) in [6.07, 6.45) is 37.4. The number of hydrogen-bond acceptors (Lipinski definition) is 9. The Balaban J connectivity index is 4.23. The molecule has 0 saturated carbocycles. The molecular formula is C43H84NO10P. The summed E-state index contributed by atoms with van der Waals surface area (Å²) in [6, 6.07) is -1.52. The molecule has 4 N–H and O–H groups in total. The van der Waals surface area contributed by atoms with Gasteiger partial charge < -0.3 is 25.2 Å². The summed E-state index contributed by atoms with van der Waals surface area (Å²) in [6.45, 7) is 2.83. The first-order chi connectivity index (χ1) is 26.6. The molecule has 0 aliphatic rings. The number of carboxylic acids is 1. The van der Waals surface area contributed by atoms with Crippen LogP contribution >= 0.6 is 7.82 Å². The van der Waals surface area contributed by atoms with Crippen molar-refractivity contribution in [1.82, 2.24) is 0 Å². The first kappa shape index (κ1) is 53.5. The summed E-state index contributed by atoms with van der Waals surface area (Å²) in [7, 11) is -4.71. The number of aliphatic carboxylic acids is 1. The Bertz CT molecular complexity index is 952. The molecular weight excluding hydrogens is 721 g/mol. The number of phosphoric ester groups is 1. The van der Waals surface area contributed by atoms with Gasteiger partial charge >= 0.3 is 25.7 Å². The number of ether oxygens (including phenoxy) is 2. The Labute approximate surface area is 335 Å². The minimum Gasteiger partial charge on any atom is -0.480 e. The van der Waals surface area contributed by atoms with Gasteiger partial charge in [-0.3, -0.25) is 23.4 Å². The highest BCUT2D eigenvalue weighted by Crippen LogP contribution is 2.43. The van der Waals surface area contributed by atoms with Crippen LogP contribution in [0.15, 0.2) is 0 Å². The summed E-state index contributed by atoms with van der Waals surface area (Å²) in [5.41, 5.74) is 5.33. The molecule has 0 aliphatic carbocycles. The normalized spacial score (nSPS) is 13.7. The van der Waals surface area contributed by atoms with E-state index in [9.17, 15) is 23.8 Å². The molecule has 0 rings (SSSR count). The zero-order valence-corrected chi connectivity index (χ0v) is 36.2. The fourth-order valence-electron chi connectivity index (χ4n) is 6.54. The van der Waals surface area contributed by atoms with Crippen molar-refractivity contribution in [2.45, 2.75) is 238 Å². The topological polar surface area (TPSA) is 172 Å². The molecule has 0 aromatic heterocycles. The van der Waals surface area contributed by atoms with Gasteiger partial charge in [-0.15, -0.1) is 0 Å². The molecule has 0 fully saturated rings.